The molecule has 1 saturated heterocycles. The van der Waals surface area contributed by atoms with E-state index in [9.17, 15) is 0 Å². The van der Waals surface area contributed by atoms with Crippen molar-refractivity contribution in [3.8, 4) is 5.75 Å². The van der Waals surface area contributed by atoms with Crippen LogP contribution in [0.25, 0.3) is 10.9 Å². The van der Waals surface area contributed by atoms with Gasteiger partial charge < -0.3 is 14.6 Å². The molecule has 1 N–H and O–H groups in total. The van der Waals surface area contributed by atoms with Gasteiger partial charge in [-0.3, -0.25) is 0 Å². The van der Waals surface area contributed by atoms with E-state index in [0.29, 0.717) is 0 Å². The van der Waals surface area contributed by atoms with Crippen molar-refractivity contribution in [2.24, 2.45) is 0 Å². The molecule has 1 aliphatic heterocycles. The molecule has 3 nitrogen and oxygen atoms in total. The van der Waals surface area contributed by atoms with E-state index < -0.39 is 0 Å². The first-order valence-electron chi connectivity index (χ1n) is 6.51. The zero-order valence-electron chi connectivity index (χ0n) is 11.5. The number of rotatable bonds is 1. The molecule has 0 saturated carbocycles. The Hall–Kier alpha value is -1.48. The van der Waals surface area contributed by atoms with Gasteiger partial charge in [-0.2, -0.15) is 0 Å². The molecular weight excluding hydrogens is 224 g/mol. The van der Waals surface area contributed by atoms with Crippen LogP contribution in [-0.2, 0) is 0 Å². The molecule has 1 fully saturated rings. The summed E-state index contributed by atoms with van der Waals surface area (Å²) in [7, 11) is 3.87. The van der Waals surface area contributed by atoms with E-state index in [0.717, 1.165) is 11.3 Å². The van der Waals surface area contributed by atoms with Gasteiger partial charge in [0.1, 0.15) is 5.75 Å². The highest BCUT2D eigenvalue weighted by molar-refractivity contribution is 5.88. The lowest BCUT2D eigenvalue weighted by Crippen LogP contribution is -2.10. The van der Waals surface area contributed by atoms with E-state index in [1.54, 1.807) is 7.11 Å². The zero-order chi connectivity index (χ0) is 13.0. The minimum absolute atomic E-state index is 0.936. The van der Waals surface area contributed by atoms with Gasteiger partial charge in [0, 0.05) is 17.1 Å². The standard InChI is InChI=1S/C10H11NO.C5H11N/c1-7-6-11-8-4-3-5-9(12-2)10(7)8;1-6-4-2-3-5-6/h3-6,11H,1-2H3;2-5H2,1H3. The molecular formula is C15H22N2O. The Morgan fingerprint density at radius 1 is 1.22 bits per heavy atom. The SMILES string of the molecule is CN1CCCC1.COc1cccc2[nH]cc(C)c12. The monoisotopic (exact) mass is 246 g/mol. The third kappa shape index (κ3) is 2.85. The number of nitrogens with one attached hydrogen (secondary N) is 1. The Morgan fingerprint density at radius 3 is 2.50 bits per heavy atom. The van der Waals surface area contributed by atoms with Crippen LogP contribution in [0.5, 0.6) is 5.75 Å². The summed E-state index contributed by atoms with van der Waals surface area (Å²) in [4.78, 5) is 5.54. The fraction of sp³-hybridized carbons (Fsp3) is 0.467. The molecule has 0 bridgehead atoms. The van der Waals surface area contributed by atoms with Crippen molar-refractivity contribution in [2.75, 3.05) is 27.2 Å². The first kappa shape index (κ1) is 13.0. The van der Waals surface area contributed by atoms with Crippen molar-refractivity contribution in [2.45, 2.75) is 19.8 Å². The molecule has 3 heteroatoms. The highest BCUT2D eigenvalue weighted by Gasteiger charge is 2.04. The summed E-state index contributed by atoms with van der Waals surface area (Å²) < 4.78 is 5.25. The molecule has 1 aliphatic rings. The van der Waals surface area contributed by atoms with E-state index in [2.05, 4.69) is 23.9 Å². The van der Waals surface area contributed by atoms with Crippen LogP contribution in [0.4, 0.5) is 0 Å². The van der Waals surface area contributed by atoms with E-state index in [-0.39, 0.29) is 0 Å². The highest BCUT2D eigenvalue weighted by atomic mass is 16.5. The van der Waals surface area contributed by atoms with Crippen LogP contribution >= 0.6 is 0 Å². The molecule has 0 unspecified atom stereocenters. The number of fused-ring (bicyclic) bond motifs is 1. The van der Waals surface area contributed by atoms with Crippen LogP contribution in [-0.4, -0.2) is 37.1 Å². The van der Waals surface area contributed by atoms with E-state index in [1.807, 2.05) is 24.4 Å². The summed E-state index contributed by atoms with van der Waals surface area (Å²) in [5.74, 6) is 0.936. The number of benzene rings is 1. The van der Waals surface area contributed by atoms with Gasteiger partial charge in [-0.1, -0.05) is 6.07 Å². The maximum absolute atomic E-state index is 5.25. The predicted octanol–water partition coefficient (Wildman–Crippen LogP) is 3.20. The van der Waals surface area contributed by atoms with Crippen molar-refractivity contribution in [3.63, 3.8) is 0 Å². The summed E-state index contributed by atoms with van der Waals surface area (Å²) in [6, 6.07) is 6.01. The Kier molecular flexibility index (Phi) is 4.26. The molecule has 2 aromatic rings. The van der Waals surface area contributed by atoms with Gasteiger partial charge >= 0.3 is 0 Å². The molecule has 0 spiro atoms. The van der Waals surface area contributed by atoms with Crippen LogP contribution < -0.4 is 4.74 Å². The van der Waals surface area contributed by atoms with Gasteiger partial charge in [-0.25, -0.2) is 0 Å². The maximum Gasteiger partial charge on any atom is 0.128 e. The molecule has 98 valence electrons. The molecule has 1 aromatic carbocycles. The summed E-state index contributed by atoms with van der Waals surface area (Å²) in [5, 5.41) is 1.18. The summed E-state index contributed by atoms with van der Waals surface area (Å²) in [5.41, 5.74) is 2.36. The zero-order valence-corrected chi connectivity index (χ0v) is 11.5. The Labute approximate surface area is 109 Å². The van der Waals surface area contributed by atoms with Crippen LogP contribution in [0.2, 0.25) is 0 Å². The summed E-state index contributed by atoms with van der Waals surface area (Å²) in [6.07, 6.45) is 4.82. The summed E-state index contributed by atoms with van der Waals surface area (Å²) in [6.45, 7) is 4.71. The molecule has 3 rings (SSSR count). The average molecular weight is 246 g/mol. The molecule has 18 heavy (non-hydrogen) atoms. The summed E-state index contributed by atoms with van der Waals surface area (Å²) >= 11 is 0. The maximum atomic E-state index is 5.25. The number of aromatic amines is 1. The predicted molar refractivity (Wildman–Crippen MR) is 76.3 cm³/mol. The molecule has 1 aromatic heterocycles. The van der Waals surface area contributed by atoms with Gasteiger partial charge in [0.2, 0.25) is 0 Å². The first-order valence-corrected chi connectivity index (χ1v) is 6.51. The third-order valence-corrected chi connectivity index (χ3v) is 3.41. The second kappa shape index (κ2) is 5.91. The van der Waals surface area contributed by atoms with Crippen LogP contribution in [0, 0.1) is 6.92 Å². The Bertz CT molecular complexity index is 498. The van der Waals surface area contributed by atoms with Gasteiger partial charge in [0.05, 0.1) is 7.11 Å². The second-order valence-electron chi connectivity index (χ2n) is 4.86. The lowest BCUT2D eigenvalue weighted by Gasteiger charge is -2.01. The quantitative estimate of drug-likeness (QED) is 0.837. The lowest BCUT2D eigenvalue weighted by molar-refractivity contribution is 0.418. The van der Waals surface area contributed by atoms with Crippen LogP contribution in [0.1, 0.15) is 18.4 Å². The number of methoxy groups -OCH3 is 1. The van der Waals surface area contributed by atoms with Crippen molar-refractivity contribution in [1.29, 1.82) is 0 Å². The van der Waals surface area contributed by atoms with Gasteiger partial charge in [-0.15, -0.1) is 0 Å². The fourth-order valence-electron chi connectivity index (χ4n) is 2.36. The minimum atomic E-state index is 0.936. The van der Waals surface area contributed by atoms with Crippen LogP contribution in [0.3, 0.4) is 0 Å². The second-order valence-corrected chi connectivity index (χ2v) is 4.86. The lowest BCUT2D eigenvalue weighted by atomic mass is 10.2. The van der Waals surface area contributed by atoms with E-state index >= 15 is 0 Å². The van der Waals surface area contributed by atoms with Gasteiger partial charge in [0.25, 0.3) is 0 Å². The van der Waals surface area contributed by atoms with Crippen molar-refractivity contribution in [1.82, 2.24) is 9.88 Å². The molecule has 0 radical (unpaired) electrons. The van der Waals surface area contributed by atoms with Crippen molar-refractivity contribution >= 4 is 10.9 Å². The number of ether oxygens (including phenoxy) is 1. The molecule has 0 amide bonds. The van der Waals surface area contributed by atoms with Gasteiger partial charge in [-0.05, 0) is 57.6 Å². The number of aryl methyl sites for hydroxylation is 1. The Morgan fingerprint density at radius 2 is 1.94 bits per heavy atom. The number of hydrogen-bond donors (Lipinski definition) is 1. The third-order valence-electron chi connectivity index (χ3n) is 3.41. The van der Waals surface area contributed by atoms with Gasteiger partial charge in [0.15, 0.2) is 0 Å². The first-order chi connectivity index (χ1) is 8.72. The van der Waals surface area contributed by atoms with Crippen molar-refractivity contribution in [3.05, 3.63) is 30.0 Å². The number of likely N-dealkylation sites (tertiary alicyclic amines) is 1. The number of nitrogens with zero attached hydrogens (tertiary/aromatic N) is 1. The fourth-order valence-corrected chi connectivity index (χ4v) is 2.36. The number of aromatic nitrogens is 1. The number of hydrogen-bond acceptors (Lipinski definition) is 2. The topological polar surface area (TPSA) is 28.3 Å². The highest BCUT2D eigenvalue weighted by Crippen LogP contribution is 2.27. The molecule has 2 heterocycles. The van der Waals surface area contributed by atoms with E-state index in [1.165, 1.54) is 36.9 Å². The largest absolute Gasteiger partial charge is 0.496 e. The molecule has 0 atom stereocenters. The Balaban J connectivity index is 0.000000169. The van der Waals surface area contributed by atoms with E-state index in [4.69, 9.17) is 4.74 Å². The average Bonchev–Trinajstić information content (AvgIpc) is 3.00. The smallest absolute Gasteiger partial charge is 0.128 e. The number of H-pyrrole nitrogens is 1. The minimum Gasteiger partial charge on any atom is -0.496 e. The van der Waals surface area contributed by atoms with Crippen molar-refractivity contribution < 1.29 is 4.74 Å². The normalized spacial score (nSPS) is 15.5. The molecule has 0 aliphatic carbocycles. The van der Waals surface area contributed by atoms with Crippen LogP contribution in [0.15, 0.2) is 24.4 Å².